The van der Waals surface area contributed by atoms with Crippen LogP contribution in [0.3, 0.4) is 0 Å². The summed E-state index contributed by atoms with van der Waals surface area (Å²) >= 11 is 0. The largest absolute Gasteiger partial charge is 0.439 e. The number of nitrogens with zero attached hydrogens (tertiary/aromatic N) is 1. The summed E-state index contributed by atoms with van der Waals surface area (Å²) in [5, 5.41) is 0. The van der Waals surface area contributed by atoms with Gasteiger partial charge in [0.25, 0.3) is 0 Å². The second-order valence-electron chi connectivity index (χ2n) is 5.45. The molecule has 0 unspecified atom stereocenters. The van der Waals surface area contributed by atoms with Crippen LogP contribution in [0.5, 0.6) is 11.6 Å². The fourth-order valence-corrected chi connectivity index (χ4v) is 2.00. The van der Waals surface area contributed by atoms with E-state index in [2.05, 4.69) is 31.8 Å². The summed E-state index contributed by atoms with van der Waals surface area (Å²) in [6.07, 6.45) is 0. The topological polar surface area (TPSA) is 22.1 Å². The van der Waals surface area contributed by atoms with Gasteiger partial charge in [0, 0.05) is 11.8 Å². The molecule has 0 radical (unpaired) electrons. The van der Waals surface area contributed by atoms with Crippen LogP contribution in [0.4, 0.5) is 0 Å². The van der Waals surface area contributed by atoms with Gasteiger partial charge in [-0.05, 0) is 30.0 Å². The van der Waals surface area contributed by atoms with E-state index in [0.29, 0.717) is 5.88 Å². The molecule has 0 saturated heterocycles. The van der Waals surface area contributed by atoms with Crippen molar-refractivity contribution in [1.82, 2.24) is 4.98 Å². The lowest BCUT2D eigenvalue weighted by atomic mass is 9.86. The zero-order valence-electron chi connectivity index (χ0n) is 11.4. The van der Waals surface area contributed by atoms with E-state index in [1.807, 2.05) is 43.3 Å². The van der Waals surface area contributed by atoms with E-state index in [4.69, 9.17) is 4.74 Å². The van der Waals surface area contributed by atoms with Crippen LogP contribution in [-0.2, 0) is 5.41 Å². The lowest BCUT2D eigenvalue weighted by Gasteiger charge is -2.21. The smallest absolute Gasteiger partial charge is 0.219 e. The Balaban J connectivity index is 2.25. The number of benzene rings is 1. The van der Waals surface area contributed by atoms with Crippen LogP contribution in [0.25, 0.3) is 0 Å². The Labute approximate surface area is 109 Å². The summed E-state index contributed by atoms with van der Waals surface area (Å²) in [5.74, 6) is 1.46. The number of aromatic nitrogens is 1. The van der Waals surface area contributed by atoms with Crippen LogP contribution in [0.1, 0.15) is 32.0 Å². The zero-order valence-corrected chi connectivity index (χ0v) is 11.4. The Morgan fingerprint density at radius 3 is 2.17 bits per heavy atom. The molecule has 0 amide bonds. The van der Waals surface area contributed by atoms with Gasteiger partial charge in [0.05, 0.1) is 0 Å². The van der Waals surface area contributed by atoms with Crippen molar-refractivity contribution in [1.29, 1.82) is 0 Å². The van der Waals surface area contributed by atoms with Gasteiger partial charge in [-0.15, -0.1) is 0 Å². The number of rotatable bonds is 2. The first-order valence-electron chi connectivity index (χ1n) is 6.18. The second kappa shape index (κ2) is 4.81. The minimum Gasteiger partial charge on any atom is -0.439 e. The van der Waals surface area contributed by atoms with Gasteiger partial charge in [-0.2, -0.15) is 0 Å². The van der Waals surface area contributed by atoms with E-state index in [1.54, 1.807) is 0 Å². The highest BCUT2D eigenvalue weighted by molar-refractivity contribution is 5.33. The third kappa shape index (κ3) is 2.89. The normalized spacial score (nSPS) is 11.3. The number of pyridine rings is 1. The Bertz CT molecular complexity index is 527. The summed E-state index contributed by atoms with van der Waals surface area (Å²) in [6.45, 7) is 8.59. The zero-order chi connectivity index (χ0) is 13.2. The highest BCUT2D eigenvalue weighted by atomic mass is 16.5. The first kappa shape index (κ1) is 12.6. The Hall–Kier alpha value is -1.83. The molecule has 94 valence electrons. The molecule has 1 aromatic carbocycles. The van der Waals surface area contributed by atoms with E-state index < -0.39 is 0 Å². The third-order valence-corrected chi connectivity index (χ3v) is 2.83. The quantitative estimate of drug-likeness (QED) is 0.773. The van der Waals surface area contributed by atoms with E-state index in [-0.39, 0.29) is 5.41 Å². The summed E-state index contributed by atoms with van der Waals surface area (Å²) in [5.41, 5.74) is 2.39. The molecule has 0 bridgehead atoms. The minimum absolute atomic E-state index is 0.113. The third-order valence-electron chi connectivity index (χ3n) is 2.83. The van der Waals surface area contributed by atoms with Gasteiger partial charge in [-0.3, -0.25) is 0 Å². The summed E-state index contributed by atoms with van der Waals surface area (Å²) in [4.78, 5) is 4.51. The van der Waals surface area contributed by atoms with Crippen molar-refractivity contribution in [2.75, 3.05) is 0 Å². The maximum Gasteiger partial charge on any atom is 0.219 e. The number of hydrogen-bond acceptors (Lipinski definition) is 2. The first-order chi connectivity index (χ1) is 8.47. The van der Waals surface area contributed by atoms with E-state index >= 15 is 0 Å². The van der Waals surface area contributed by atoms with Gasteiger partial charge in [0.1, 0.15) is 5.75 Å². The lowest BCUT2D eigenvalue weighted by Crippen LogP contribution is -2.13. The molecule has 0 aliphatic carbocycles. The van der Waals surface area contributed by atoms with Gasteiger partial charge in [-0.1, -0.05) is 45.0 Å². The molecular formula is C16H19NO. The molecule has 0 N–H and O–H groups in total. The van der Waals surface area contributed by atoms with Crippen molar-refractivity contribution in [3.8, 4) is 11.6 Å². The predicted molar refractivity (Wildman–Crippen MR) is 74.2 cm³/mol. The monoisotopic (exact) mass is 241 g/mol. The van der Waals surface area contributed by atoms with Crippen LogP contribution < -0.4 is 4.74 Å². The van der Waals surface area contributed by atoms with Gasteiger partial charge in [0.15, 0.2) is 0 Å². The average Bonchev–Trinajstić information content (AvgIpc) is 2.28. The highest BCUT2D eigenvalue weighted by Gasteiger charge is 2.17. The molecule has 2 nitrogen and oxygen atoms in total. The van der Waals surface area contributed by atoms with Gasteiger partial charge < -0.3 is 4.74 Å². The molecule has 0 aliphatic rings. The summed E-state index contributed by atoms with van der Waals surface area (Å²) in [7, 11) is 0. The maximum atomic E-state index is 5.72. The molecule has 0 saturated carbocycles. The molecule has 2 aromatic rings. The van der Waals surface area contributed by atoms with Crippen molar-refractivity contribution in [3.05, 3.63) is 53.7 Å². The van der Waals surface area contributed by atoms with Crippen molar-refractivity contribution in [2.24, 2.45) is 0 Å². The number of para-hydroxylation sites is 1. The average molecular weight is 241 g/mol. The molecule has 1 aromatic heterocycles. The van der Waals surface area contributed by atoms with E-state index in [0.717, 1.165) is 11.4 Å². The molecule has 0 spiro atoms. The maximum absolute atomic E-state index is 5.72. The highest BCUT2D eigenvalue weighted by Crippen LogP contribution is 2.27. The molecular weight excluding hydrogens is 222 g/mol. The number of aryl methyl sites for hydroxylation is 1. The molecule has 0 fully saturated rings. The Kier molecular flexibility index (Phi) is 3.37. The van der Waals surface area contributed by atoms with Crippen molar-refractivity contribution < 1.29 is 4.74 Å². The Morgan fingerprint density at radius 1 is 0.944 bits per heavy atom. The summed E-state index contributed by atoms with van der Waals surface area (Å²) < 4.78 is 5.72. The van der Waals surface area contributed by atoms with Gasteiger partial charge in [0.2, 0.25) is 5.88 Å². The van der Waals surface area contributed by atoms with Crippen LogP contribution in [-0.4, -0.2) is 4.98 Å². The Morgan fingerprint density at radius 2 is 1.61 bits per heavy atom. The molecule has 18 heavy (non-hydrogen) atoms. The number of ether oxygens (including phenoxy) is 1. The SMILES string of the molecule is Cc1nc(Oc2ccccc2)ccc1C(C)(C)C. The lowest BCUT2D eigenvalue weighted by molar-refractivity contribution is 0.459. The fourth-order valence-electron chi connectivity index (χ4n) is 2.00. The molecule has 2 rings (SSSR count). The second-order valence-corrected chi connectivity index (χ2v) is 5.45. The van der Waals surface area contributed by atoms with Crippen molar-refractivity contribution in [3.63, 3.8) is 0 Å². The van der Waals surface area contributed by atoms with Crippen LogP contribution >= 0.6 is 0 Å². The van der Waals surface area contributed by atoms with Gasteiger partial charge in [-0.25, -0.2) is 4.98 Å². The molecule has 0 aliphatic heterocycles. The molecule has 0 atom stereocenters. The van der Waals surface area contributed by atoms with Crippen molar-refractivity contribution in [2.45, 2.75) is 33.1 Å². The van der Waals surface area contributed by atoms with Crippen LogP contribution in [0.2, 0.25) is 0 Å². The van der Waals surface area contributed by atoms with Crippen LogP contribution in [0.15, 0.2) is 42.5 Å². The fraction of sp³-hybridized carbons (Fsp3) is 0.312. The first-order valence-corrected chi connectivity index (χ1v) is 6.18. The summed E-state index contributed by atoms with van der Waals surface area (Å²) in [6, 6.07) is 13.7. The van der Waals surface area contributed by atoms with E-state index in [1.165, 1.54) is 5.56 Å². The minimum atomic E-state index is 0.113. The molecule has 2 heteroatoms. The van der Waals surface area contributed by atoms with Gasteiger partial charge >= 0.3 is 0 Å². The van der Waals surface area contributed by atoms with Crippen molar-refractivity contribution >= 4 is 0 Å². The van der Waals surface area contributed by atoms with E-state index in [9.17, 15) is 0 Å². The number of hydrogen-bond donors (Lipinski definition) is 0. The standard InChI is InChI=1S/C16H19NO/c1-12-14(16(2,3)4)10-11-15(17-12)18-13-8-6-5-7-9-13/h5-11H,1-4H3. The predicted octanol–water partition coefficient (Wildman–Crippen LogP) is 4.48. The van der Waals surface area contributed by atoms with Crippen LogP contribution in [0, 0.1) is 6.92 Å². The molecule has 1 heterocycles.